The summed E-state index contributed by atoms with van der Waals surface area (Å²) < 4.78 is 61.0. The van der Waals surface area contributed by atoms with Crippen molar-refractivity contribution in [1.82, 2.24) is 0 Å². The van der Waals surface area contributed by atoms with Crippen molar-refractivity contribution in [1.29, 1.82) is 0 Å². The molecule has 1 saturated heterocycles. The van der Waals surface area contributed by atoms with Crippen LogP contribution in [0.1, 0.15) is 87.8 Å². The molecule has 1 saturated carbocycles. The summed E-state index contributed by atoms with van der Waals surface area (Å²) in [7, 11) is 0. The zero-order valence-corrected chi connectivity index (χ0v) is 17.0. The summed E-state index contributed by atoms with van der Waals surface area (Å²) in [5.41, 5.74) is -0.912. The number of aryl methyl sites for hydroxylation is 1. The molecule has 0 spiro atoms. The van der Waals surface area contributed by atoms with Gasteiger partial charge in [-0.15, -0.1) is 0 Å². The first-order valence-corrected chi connectivity index (χ1v) is 10.8. The first kappa shape index (κ1) is 21.6. The molecule has 0 N–H and O–H groups in total. The maximum Gasteiger partial charge on any atom is 0.419 e. The van der Waals surface area contributed by atoms with Gasteiger partial charge in [-0.3, -0.25) is 0 Å². The molecular formula is C23H32F4O. The number of benzene rings is 1. The van der Waals surface area contributed by atoms with E-state index in [1.54, 1.807) is 6.92 Å². The van der Waals surface area contributed by atoms with Gasteiger partial charge >= 0.3 is 6.18 Å². The fraction of sp³-hybridized carbons (Fsp3) is 0.739. The number of ether oxygens (including phenoxy) is 1. The molecule has 2 fully saturated rings. The lowest BCUT2D eigenvalue weighted by molar-refractivity contribution is -0.141. The predicted molar refractivity (Wildman–Crippen MR) is 103 cm³/mol. The Morgan fingerprint density at radius 2 is 1.71 bits per heavy atom. The molecule has 1 nitrogen and oxygen atoms in total. The molecule has 28 heavy (non-hydrogen) atoms. The van der Waals surface area contributed by atoms with Gasteiger partial charge in [0.15, 0.2) is 0 Å². The van der Waals surface area contributed by atoms with Crippen LogP contribution in [0.5, 0.6) is 0 Å². The number of alkyl halides is 3. The van der Waals surface area contributed by atoms with Crippen LogP contribution in [0.4, 0.5) is 17.6 Å². The molecule has 5 heteroatoms. The van der Waals surface area contributed by atoms with Gasteiger partial charge in [0.05, 0.1) is 18.3 Å². The van der Waals surface area contributed by atoms with Gasteiger partial charge < -0.3 is 4.74 Å². The summed E-state index contributed by atoms with van der Waals surface area (Å²) >= 11 is 0. The normalized spacial score (nSPS) is 29.1. The molecule has 158 valence electrons. The van der Waals surface area contributed by atoms with Crippen molar-refractivity contribution < 1.29 is 22.3 Å². The zero-order valence-electron chi connectivity index (χ0n) is 17.0. The number of halogens is 4. The Balaban J connectivity index is 1.60. The molecule has 0 aromatic heterocycles. The highest BCUT2D eigenvalue weighted by molar-refractivity contribution is 5.38. The van der Waals surface area contributed by atoms with Crippen LogP contribution in [0.15, 0.2) is 12.1 Å². The van der Waals surface area contributed by atoms with Crippen LogP contribution in [-0.2, 0) is 17.3 Å². The number of hydrogen-bond acceptors (Lipinski definition) is 1. The maximum atomic E-state index is 14.5. The van der Waals surface area contributed by atoms with Gasteiger partial charge in [-0.2, -0.15) is 13.2 Å². The SMILES string of the molecule is CCc1ccc(C2CCC(CCC3CCC(C)CC3)OC2)c(C(F)(F)F)c1F. The van der Waals surface area contributed by atoms with Crippen molar-refractivity contribution in [3.63, 3.8) is 0 Å². The minimum atomic E-state index is -4.68. The van der Waals surface area contributed by atoms with Gasteiger partial charge in [-0.25, -0.2) is 4.39 Å². The first-order valence-electron chi connectivity index (χ1n) is 10.8. The molecule has 2 atom stereocenters. The predicted octanol–water partition coefficient (Wildman–Crippen LogP) is 7.28. The van der Waals surface area contributed by atoms with Gasteiger partial charge in [0, 0.05) is 5.92 Å². The van der Waals surface area contributed by atoms with Crippen molar-refractivity contribution in [2.75, 3.05) is 6.61 Å². The summed E-state index contributed by atoms with van der Waals surface area (Å²) in [4.78, 5) is 0. The summed E-state index contributed by atoms with van der Waals surface area (Å²) in [6, 6.07) is 2.96. The molecular weight excluding hydrogens is 368 g/mol. The molecule has 3 rings (SSSR count). The third-order valence-electron chi connectivity index (χ3n) is 6.76. The van der Waals surface area contributed by atoms with Crippen LogP contribution in [0.3, 0.4) is 0 Å². The van der Waals surface area contributed by atoms with E-state index in [0.29, 0.717) is 6.42 Å². The molecule has 1 aromatic rings. The van der Waals surface area contributed by atoms with E-state index in [4.69, 9.17) is 4.74 Å². The van der Waals surface area contributed by atoms with Gasteiger partial charge in [0.2, 0.25) is 0 Å². The fourth-order valence-corrected chi connectivity index (χ4v) is 4.85. The zero-order chi connectivity index (χ0) is 20.3. The largest absolute Gasteiger partial charge is 0.419 e. The van der Waals surface area contributed by atoms with Crippen molar-refractivity contribution in [2.24, 2.45) is 11.8 Å². The second-order valence-corrected chi connectivity index (χ2v) is 8.79. The van der Waals surface area contributed by atoms with Crippen molar-refractivity contribution in [2.45, 2.75) is 89.8 Å². The van der Waals surface area contributed by atoms with E-state index in [9.17, 15) is 17.6 Å². The summed E-state index contributed by atoms with van der Waals surface area (Å²) in [5.74, 6) is 0.111. The molecule has 1 aliphatic carbocycles. The molecule has 0 radical (unpaired) electrons. The Kier molecular flexibility index (Phi) is 7.06. The Morgan fingerprint density at radius 1 is 1.00 bits per heavy atom. The monoisotopic (exact) mass is 400 g/mol. The summed E-state index contributed by atoms with van der Waals surface area (Å²) in [6.45, 7) is 4.23. The lowest BCUT2D eigenvalue weighted by atomic mass is 9.80. The van der Waals surface area contributed by atoms with Gasteiger partial charge in [0.25, 0.3) is 0 Å². The van der Waals surface area contributed by atoms with Crippen LogP contribution in [0.25, 0.3) is 0 Å². The Labute approximate surface area is 165 Å². The van der Waals surface area contributed by atoms with E-state index in [0.717, 1.165) is 31.1 Å². The third-order valence-corrected chi connectivity index (χ3v) is 6.76. The Bertz CT molecular complexity index is 639. The maximum absolute atomic E-state index is 14.5. The molecule has 0 amide bonds. The first-order chi connectivity index (χ1) is 13.3. The fourth-order valence-electron chi connectivity index (χ4n) is 4.85. The molecule has 2 unspecified atom stereocenters. The number of hydrogen-bond donors (Lipinski definition) is 0. The van der Waals surface area contributed by atoms with E-state index >= 15 is 0 Å². The average Bonchev–Trinajstić information content (AvgIpc) is 2.67. The van der Waals surface area contributed by atoms with Crippen LogP contribution in [-0.4, -0.2) is 12.7 Å². The second kappa shape index (κ2) is 9.15. The van der Waals surface area contributed by atoms with Gasteiger partial charge in [-0.1, -0.05) is 51.7 Å². The van der Waals surface area contributed by atoms with E-state index in [1.165, 1.54) is 37.8 Å². The van der Waals surface area contributed by atoms with Gasteiger partial charge in [-0.05, 0) is 55.1 Å². The van der Waals surface area contributed by atoms with Crippen LogP contribution >= 0.6 is 0 Å². The highest BCUT2D eigenvalue weighted by atomic mass is 19.4. The number of rotatable bonds is 5. The van der Waals surface area contributed by atoms with Crippen molar-refractivity contribution >= 4 is 0 Å². The minimum absolute atomic E-state index is 0.0573. The van der Waals surface area contributed by atoms with E-state index < -0.39 is 17.6 Å². The quantitative estimate of drug-likeness (QED) is 0.472. The lowest BCUT2D eigenvalue weighted by Gasteiger charge is -2.32. The third kappa shape index (κ3) is 5.08. The summed E-state index contributed by atoms with van der Waals surface area (Å²) in [5, 5.41) is 0. The standard InChI is InChI=1S/C23H32F4O/c1-3-17-10-13-20(21(22(17)24)23(25,26)27)18-9-12-19(28-14-18)11-8-16-6-4-15(2)5-7-16/h10,13,15-16,18-19H,3-9,11-12,14H2,1-2H3. The minimum Gasteiger partial charge on any atom is -0.378 e. The Morgan fingerprint density at radius 3 is 2.29 bits per heavy atom. The topological polar surface area (TPSA) is 9.23 Å². The molecule has 1 aliphatic heterocycles. The van der Waals surface area contributed by atoms with Crippen LogP contribution in [0, 0.1) is 17.7 Å². The van der Waals surface area contributed by atoms with Crippen LogP contribution in [0.2, 0.25) is 0 Å². The molecule has 1 aromatic carbocycles. The average molecular weight is 401 g/mol. The molecule has 2 aliphatic rings. The lowest BCUT2D eigenvalue weighted by Crippen LogP contribution is -2.27. The van der Waals surface area contributed by atoms with E-state index in [-0.39, 0.29) is 36.2 Å². The summed E-state index contributed by atoms with van der Waals surface area (Å²) in [6.07, 6.45) is 4.39. The molecule has 1 heterocycles. The molecule has 0 bridgehead atoms. The van der Waals surface area contributed by atoms with Crippen molar-refractivity contribution in [3.8, 4) is 0 Å². The van der Waals surface area contributed by atoms with Crippen LogP contribution < -0.4 is 0 Å². The highest BCUT2D eigenvalue weighted by Crippen LogP contribution is 2.41. The van der Waals surface area contributed by atoms with Crippen molar-refractivity contribution in [3.05, 3.63) is 34.6 Å². The van der Waals surface area contributed by atoms with Gasteiger partial charge in [0.1, 0.15) is 5.82 Å². The second-order valence-electron chi connectivity index (χ2n) is 8.79. The Hall–Kier alpha value is -1.10. The smallest absolute Gasteiger partial charge is 0.378 e. The highest BCUT2D eigenvalue weighted by Gasteiger charge is 2.40. The van der Waals surface area contributed by atoms with E-state index in [2.05, 4.69) is 6.92 Å². The van der Waals surface area contributed by atoms with E-state index in [1.807, 2.05) is 0 Å².